The zero-order valence-corrected chi connectivity index (χ0v) is 13.2. The monoisotopic (exact) mass is 351 g/mol. The van der Waals surface area contributed by atoms with E-state index in [0.29, 0.717) is 6.42 Å². The first-order chi connectivity index (χ1) is 10.9. The van der Waals surface area contributed by atoms with Crippen LogP contribution < -0.4 is 15.4 Å². The molecule has 0 bridgehead atoms. The van der Waals surface area contributed by atoms with Crippen LogP contribution in [0.3, 0.4) is 0 Å². The quantitative estimate of drug-likeness (QED) is 0.803. The third kappa shape index (κ3) is 4.48. The number of pyridine rings is 1. The number of hydrogen-bond acceptors (Lipinski definition) is 4. The molecule has 0 fully saturated rings. The van der Waals surface area contributed by atoms with Gasteiger partial charge >= 0.3 is 0 Å². The number of nitrogens with one attached hydrogen (secondary N) is 2. The Morgan fingerprint density at radius 2 is 2.26 bits per heavy atom. The maximum Gasteiger partial charge on any atom is 0.274 e. The molecule has 1 aliphatic rings. The van der Waals surface area contributed by atoms with Gasteiger partial charge in [0.15, 0.2) is 17.1 Å². The summed E-state index contributed by atoms with van der Waals surface area (Å²) >= 11 is 5.57. The van der Waals surface area contributed by atoms with Crippen LogP contribution in [-0.2, 0) is 0 Å². The summed E-state index contributed by atoms with van der Waals surface area (Å²) in [6.07, 6.45) is -3.54. The fourth-order valence-electron chi connectivity index (χ4n) is 2.18. The molecule has 9 heteroatoms. The first-order valence-electron chi connectivity index (χ1n) is 7.24. The number of amides is 1. The number of carbonyl (C=O) groups is 1. The molecule has 0 saturated carbocycles. The highest BCUT2D eigenvalue weighted by molar-refractivity contribution is 6.29. The van der Waals surface area contributed by atoms with E-state index in [1.165, 1.54) is 0 Å². The van der Waals surface area contributed by atoms with Crippen molar-refractivity contribution in [1.82, 2.24) is 15.6 Å². The molecule has 0 aliphatic carbocycles. The second-order valence-electron chi connectivity index (χ2n) is 5.16. The van der Waals surface area contributed by atoms with Gasteiger partial charge < -0.3 is 15.4 Å². The van der Waals surface area contributed by atoms with Gasteiger partial charge in [-0.1, -0.05) is 18.5 Å². The standard InChI is InChI=1S/C14H17ClF3N3O2/c1-2-7-6-20-13(22)8-5-9(16)11(15)21-14(8)23-10(12(17)18)3-4-19-7/h5,7,10,12,19H,2-4,6H2,1H3,(H,20,22)/t7?,10-/m1/s1. The van der Waals surface area contributed by atoms with Gasteiger partial charge in [-0.2, -0.15) is 4.98 Å². The lowest BCUT2D eigenvalue weighted by molar-refractivity contribution is 0.00437. The Morgan fingerprint density at radius 3 is 2.91 bits per heavy atom. The lowest BCUT2D eigenvalue weighted by Gasteiger charge is -2.20. The molecule has 0 spiro atoms. The van der Waals surface area contributed by atoms with Crippen molar-refractivity contribution in [2.24, 2.45) is 0 Å². The summed E-state index contributed by atoms with van der Waals surface area (Å²) in [6.45, 7) is 2.46. The molecule has 2 heterocycles. The van der Waals surface area contributed by atoms with E-state index in [1.54, 1.807) is 0 Å². The molecule has 1 unspecified atom stereocenters. The second kappa shape index (κ2) is 7.83. The van der Waals surface area contributed by atoms with Gasteiger partial charge in [-0.25, -0.2) is 13.2 Å². The summed E-state index contributed by atoms with van der Waals surface area (Å²) in [4.78, 5) is 15.8. The van der Waals surface area contributed by atoms with Gasteiger partial charge in [-0.3, -0.25) is 4.79 Å². The smallest absolute Gasteiger partial charge is 0.274 e. The maximum atomic E-state index is 13.6. The number of alkyl halides is 2. The molecule has 2 N–H and O–H groups in total. The minimum Gasteiger partial charge on any atom is -0.468 e. The van der Waals surface area contributed by atoms with Gasteiger partial charge in [0.25, 0.3) is 12.3 Å². The summed E-state index contributed by atoms with van der Waals surface area (Å²) in [7, 11) is 0. The highest BCUT2D eigenvalue weighted by Gasteiger charge is 2.28. The molecular weight excluding hydrogens is 335 g/mol. The predicted octanol–water partition coefficient (Wildman–Crippen LogP) is 2.39. The summed E-state index contributed by atoms with van der Waals surface area (Å²) in [5.74, 6) is -1.97. The van der Waals surface area contributed by atoms with E-state index in [2.05, 4.69) is 15.6 Å². The zero-order chi connectivity index (χ0) is 17.0. The molecule has 2 atom stereocenters. The molecule has 2 rings (SSSR count). The minimum absolute atomic E-state index is 0.0124. The van der Waals surface area contributed by atoms with E-state index in [-0.39, 0.29) is 31.1 Å². The number of fused-ring (bicyclic) bond motifs is 1. The molecule has 1 amide bonds. The number of nitrogens with zero attached hydrogens (tertiary/aromatic N) is 1. The zero-order valence-electron chi connectivity index (χ0n) is 12.4. The molecular formula is C14H17ClF3N3O2. The number of aromatic nitrogens is 1. The molecule has 1 aliphatic heterocycles. The highest BCUT2D eigenvalue weighted by Crippen LogP contribution is 2.25. The highest BCUT2D eigenvalue weighted by atomic mass is 35.5. The van der Waals surface area contributed by atoms with Crippen molar-refractivity contribution in [2.75, 3.05) is 13.1 Å². The summed E-state index contributed by atoms with van der Waals surface area (Å²) in [5, 5.41) is 5.14. The Kier molecular flexibility index (Phi) is 6.06. The van der Waals surface area contributed by atoms with Crippen molar-refractivity contribution in [3.05, 3.63) is 22.6 Å². The average Bonchev–Trinajstić information content (AvgIpc) is 2.53. The first-order valence-corrected chi connectivity index (χ1v) is 7.62. The largest absolute Gasteiger partial charge is 0.468 e. The summed E-state index contributed by atoms with van der Waals surface area (Å²) in [5.41, 5.74) is -0.255. The Labute approximate surface area is 136 Å². The third-order valence-corrected chi connectivity index (χ3v) is 3.82. The van der Waals surface area contributed by atoms with Gasteiger partial charge in [0.05, 0.1) is 0 Å². The van der Waals surface area contributed by atoms with Crippen LogP contribution in [-0.4, -0.2) is 42.6 Å². The number of rotatable bonds is 2. The topological polar surface area (TPSA) is 63.2 Å². The lowest BCUT2D eigenvalue weighted by Crippen LogP contribution is -2.41. The third-order valence-electron chi connectivity index (χ3n) is 3.55. The molecule has 0 radical (unpaired) electrons. The van der Waals surface area contributed by atoms with E-state index in [0.717, 1.165) is 6.07 Å². The summed E-state index contributed by atoms with van der Waals surface area (Å²) in [6, 6.07) is 0.762. The Morgan fingerprint density at radius 1 is 1.52 bits per heavy atom. The molecule has 128 valence electrons. The number of halogens is 4. The normalized spacial score (nSPS) is 22.8. The maximum absolute atomic E-state index is 13.6. The van der Waals surface area contributed by atoms with Gasteiger partial charge in [0, 0.05) is 19.0 Å². The van der Waals surface area contributed by atoms with Crippen molar-refractivity contribution in [3.8, 4) is 5.88 Å². The van der Waals surface area contributed by atoms with Crippen LogP contribution in [0.25, 0.3) is 0 Å². The molecule has 1 aromatic rings. The number of ether oxygens (including phenoxy) is 1. The SMILES string of the molecule is CCC1CNC(=O)c2cc(F)c(Cl)nc2O[C@@H](C(F)F)CCN1. The molecule has 0 aromatic carbocycles. The first kappa shape index (κ1) is 17.8. The Hall–Kier alpha value is -1.54. The second-order valence-corrected chi connectivity index (χ2v) is 5.52. The van der Waals surface area contributed by atoms with Crippen molar-refractivity contribution >= 4 is 17.5 Å². The minimum atomic E-state index is -2.78. The van der Waals surface area contributed by atoms with Gasteiger partial charge in [0.2, 0.25) is 5.88 Å². The molecule has 5 nitrogen and oxygen atoms in total. The van der Waals surface area contributed by atoms with Crippen LogP contribution in [0.15, 0.2) is 6.07 Å². The van der Waals surface area contributed by atoms with Crippen LogP contribution in [0.5, 0.6) is 5.88 Å². The van der Waals surface area contributed by atoms with E-state index in [1.807, 2.05) is 6.92 Å². The van der Waals surface area contributed by atoms with Crippen LogP contribution in [0.2, 0.25) is 5.15 Å². The number of hydrogen-bond donors (Lipinski definition) is 2. The molecule has 1 aromatic heterocycles. The fourth-order valence-corrected chi connectivity index (χ4v) is 2.32. The molecule has 0 saturated heterocycles. The van der Waals surface area contributed by atoms with E-state index in [9.17, 15) is 18.0 Å². The van der Waals surface area contributed by atoms with Crippen molar-refractivity contribution in [3.63, 3.8) is 0 Å². The van der Waals surface area contributed by atoms with E-state index >= 15 is 0 Å². The van der Waals surface area contributed by atoms with Crippen molar-refractivity contribution in [1.29, 1.82) is 0 Å². The Bertz CT molecular complexity index is 574. The van der Waals surface area contributed by atoms with E-state index < -0.39 is 35.3 Å². The van der Waals surface area contributed by atoms with Crippen molar-refractivity contribution in [2.45, 2.75) is 38.3 Å². The van der Waals surface area contributed by atoms with Crippen LogP contribution in [0.4, 0.5) is 13.2 Å². The lowest BCUT2D eigenvalue weighted by atomic mass is 10.2. The average molecular weight is 352 g/mol. The fraction of sp³-hybridized carbons (Fsp3) is 0.571. The van der Waals surface area contributed by atoms with Crippen LogP contribution >= 0.6 is 11.6 Å². The molecule has 23 heavy (non-hydrogen) atoms. The number of carbonyl (C=O) groups excluding carboxylic acids is 1. The summed E-state index contributed by atoms with van der Waals surface area (Å²) < 4.78 is 45.0. The van der Waals surface area contributed by atoms with Gasteiger partial charge in [0.1, 0.15) is 5.56 Å². The van der Waals surface area contributed by atoms with Crippen LogP contribution in [0.1, 0.15) is 30.1 Å². The predicted molar refractivity (Wildman–Crippen MR) is 78.7 cm³/mol. The van der Waals surface area contributed by atoms with Gasteiger partial charge in [-0.05, 0) is 19.0 Å². The van der Waals surface area contributed by atoms with Gasteiger partial charge in [-0.15, -0.1) is 0 Å². The van der Waals surface area contributed by atoms with Crippen LogP contribution in [0, 0.1) is 5.82 Å². The Balaban J connectivity index is 2.38. The van der Waals surface area contributed by atoms with E-state index in [4.69, 9.17) is 16.3 Å². The van der Waals surface area contributed by atoms with Crippen molar-refractivity contribution < 1.29 is 22.7 Å².